The number of carbonyl (C=O) groups is 2. The van der Waals surface area contributed by atoms with Crippen molar-refractivity contribution >= 4 is 44.8 Å². The predicted molar refractivity (Wildman–Crippen MR) is 113 cm³/mol. The van der Waals surface area contributed by atoms with Crippen LogP contribution in [0, 0.1) is 5.92 Å². The third kappa shape index (κ3) is 5.10. The van der Waals surface area contributed by atoms with E-state index in [1.165, 1.54) is 31.0 Å². The first-order chi connectivity index (χ1) is 13.8. The lowest BCUT2D eigenvalue weighted by Gasteiger charge is -2.15. The standard InChI is InChI=1S/C20H22N2O5S2/c1-13(20(24)22-15-5-3-4-6-17(15)27-2)12-29(25,26)14-7-8-18-16(11-14)21-19(23)9-10-28-18/h3-8,11,13H,9-10,12H2,1-2H3,(H,21,23)(H,22,24). The Morgan fingerprint density at radius 3 is 2.79 bits per heavy atom. The highest BCUT2D eigenvalue weighted by Crippen LogP contribution is 2.33. The van der Waals surface area contributed by atoms with Crippen LogP contribution in [0.1, 0.15) is 13.3 Å². The lowest BCUT2D eigenvalue weighted by Crippen LogP contribution is -2.27. The van der Waals surface area contributed by atoms with Crippen molar-refractivity contribution < 1.29 is 22.7 Å². The van der Waals surface area contributed by atoms with Crippen LogP contribution in [-0.2, 0) is 19.4 Å². The van der Waals surface area contributed by atoms with Crippen LogP contribution in [-0.4, -0.2) is 38.8 Å². The molecule has 2 amide bonds. The van der Waals surface area contributed by atoms with Crippen LogP contribution in [0.4, 0.5) is 11.4 Å². The van der Waals surface area contributed by atoms with Crippen molar-refractivity contribution in [1.29, 1.82) is 0 Å². The first-order valence-electron chi connectivity index (χ1n) is 9.03. The maximum atomic E-state index is 12.9. The predicted octanol–water partition coefficient (Wildman–Crippen LogP) is 3.18. The minimum absolute atomic E-state index is 0.0796. The van der Waals surface area contributed by atoms with E-state index in [1.54, 1.807) is 37.3 Å². The molecule has 0 fully saturated rings. The monoisotopic (exact) mass is 434 g/mol. The molecule has 9 heteroatoms. The van der Waals surface area contributed by atoms with Gasteiger partial charge in [0.05, 0.1) is 29.1 Å². The quantitative estimate of drug-likeness (QED) is 0.724. The summed E-state index contributed by atoms with van der Waals surface area (Å²) in [6.07, 6.45) is 0.377. The van der Waals surface area contributed by atoms with Gasteiger partial charge in [-0.05, 0) is 30.3 Å². The number of sulfone groups is 1. The lowest BCUT2D eigenvalue weighted by molar-refractivity contribution is -0.119. The topological polar surface area (TPSA) is 102 Å². The summed E-state index contributed by atoms with van der Waals surface area (Å²) in [5, 5.41) is 5.45. The molecule has 2 aromatic rings. The number of hydrogen-bond acceptors (Lipinski definition) is 6. The minimum Gasteiger partial charge on any atom is -0.495 e. The van der Waals surface area contributed by atoms with Crippen LogP contribution in [0.15, 0.2) is 52.3 Å². The molecule has 1 aliphatic rings. The second kappa shape index (κ2) is 8.87. The molecule has 0 radical (unpaired) electrons. The zero-order valence-corrected chi connectivity index (χ0v) is 17.7. The molecule has 0 aromatic heterocycles. The maximum Gasteiger partial charge on any atom is 0.228 e. The summed E-state index contributed by atoms with van der Waals surface area (Å²) in [5.41, 5.74) is 0.971. The van der Waals surface area contributed by atoms with Gasteiger partial charge in [-0.2, -0.15) is 0 Å². The van der Waals surface area contributed by atoms with E-state index >= 15 is 0 Å². The van der Waals surface area contributed by atoms with Crippen LogP contribution in [0.25, 0.3) is 0 Å². The summed E-state index contributed by atoms with van der Waals surface area (Å²) in [5.74, 6) is -0.562. The van der Waals surface area contributed by atoms with Crippen LogP contribution >= 0.6 is 11.8 Å². The third-order valence-electron chi connectivity index (χ3n) is 4.45. The highest BCUT2D eigenvalue weighted by atomic mass is 32.2. The van der Waals surface area contributed by atoms with Gasteiger partial charge in [0.1, 0.15) is 5.75 Å². The van der Waals surface area contributed by atoms with Crippen molar-refractivity contribution in [3.8, 4) is 5.75 Å². The molecule has 29 heavy (non-hydrogen) atoms. The molecule has 0 bridgehead atoms. The number of fused-ring (bicyclic) bond motifs is 1. The van der Waals surface area contributed by atoms with E-state index in [1.807, 2.05) is 0 Å². The number of methoxy groups -OCH3 is 1. The Bertz CT molecular complexity index is 1040. The van der Waals surface area contributed by atoms with Gasteiger partial charge in [-0.1, -0.05) is 19.1 Å². The van der Waals surface area contributed by atoms with Gasteiger partial charge in [-0.15, -0.1) is 11.8 Å². The Kier molecular flexibility index (Phi) is 6.49. The molecule has 0 saturated carbocycles. The molecule has 0 saturated heterocycles. The van der Waals surface area contributed by atoms with E-state index in [0.29, 0.717) is 29.3 Å². The number of ether oxygens (including phenoxy) is 1. The number of amides is 2. The van der Waals surface area contributed by atoms with E-state index in [4.69, 9.17) is 4.74 Å². The summed E-state index contributed by atoms with van der Waals surface area (Å²) in [4.78, 5) is 25.2. The number of rotatable bonds is 6. The first kappa shape index (κ1) is 21.2. The van der Waals surface area contributed by atoms with Gasteiger partial charge >= 0.3 is 0 Å². The fraction of sp³-hybridized carbons (Fsp3) is 0.300. The van der Waals surface area contributed by atoms with Gasteiger partial charge in [0.15, 0.2) is 9.84 Å². The number of hydrogen-bond donors (Lipinski definition) is 2. The van der Waals surface area contributed by atoms with E-state index in [2.05, 4.69) is 10.6 Å². The summed E-state index contributed by atoms with van der Waals surface area (Å²) in [6.45, 7) is 1.56. The van der Waals surface area contributed by atoms with Gasteiger partial charge < -0.3 is 15.4 Å². The van der Waals surface area contributed by atoms with Crippen LogP contribution in [0.5, 0.6) is 5.75 Å². The average Bonchev–Trinajstić information content (AvgIpc) is 2.87. The zero-order chi connectivity index (χ0) is 21.0. The number of anilines is 2. The molecule has 1 heterocycles. The second-order valence-corrected chi connectivity index (χ2v) is 9.85. The van der Waals surface area contributed by atoms with Gasteiger partial charge in [-0.25, -0.2) is 8.42 Å². The smallest absolute Gasteiger partial charge is 0.228 e. The van der Waals surface area contributed by atoms with Gasteiger partial charge in [0, 0.05) is 23.0 Å². The van der Waals surface area contributed by atoms with Crippen molar-refractivity contribution in [3.63, 3.8) is 0 Å². The molecule has 0 spiro atoms. The first-order valence-corrected chi connectivity index (χ1v) is 11.7. The molecule has 1 aliphatic heterocycles. The van der Waals surface area contributed by atoms with Crippen molar-refractivity contribution in [1.82, 2.24) is 0 Å². The van der Waals surface area contributed by atoms with Crippen molar-refractivity contribution in [2.45, 2.75) is 23.1 Å². The summed E-state index contributed by atoms with van der Waals surface area (Å²) in [6, 6.07) is 11.6. The second-order valence-electron chi connectivity index (χ2n) is 6.68. The highest BCUT2D eigenvalue weighted by molar-refractivity contribution is 7.99. The molecule has 1 unspecified atom stereocenters. The lowest BCUT2D eigenvalue weighted by atomic mass is 10.2. The molecule has 154 valence electrons. The average molecular weight is 435 g/mol. The third-order valence-corrected chi connectivity index (χ3v) is 7.44. The normalized spacial score (nSPS) is 14.9. The van der Waals surface area contributed by atoms with Gasteiger partial charge in [0.2, 0.25) is 11.8 Å². The van der Waals surface area contributed by atoms with E-state index in [0.717, 1.165) is 4.90 Å². The minimum atomic E-state index is -3.73. The van der Waals surface area contributed by atoms with Crippen molar-refractivity contribution in [2.75, 3.05) is 29.2 Å². The molecular weight excluding hydrogens is 412 g/mol. The molecule has 2 aromatic carbocycles. The zero-order valence-electron chi connectivity index (χ0n) is 16.1. The molecule has 7 nitrogen and oxygen atoms in total. The van der Waals surface area contributed by atoms with Crippen LogP contribution in [0.3, 0.4) is 0 Å². The summed E-state index contributed by atoms with van der Waals surface area (Å²) in [7, 11) is -2.23. The molecule has 3 rings (SSSR count). The Balaban J connectivity index is 1.75. The van der Waals surface area contributed by atoms with E-state index in [9.17, 15) is 18.0 Å². The van der Waals surface area contributed by atoms with E-state index in [-0.39, 0.29) is 16.6 Å². The fourth-order valence-electron chi connectivity index (χ4n) is 2.90. The largest absolute Gasteiger partial charge is 0.495 e. The number of nitrogens with one attached hydrogen (secondary N) is 2. The number of carbonyl (C=O) groups excluding carboxylic acids is 2. The van der Waals surface area contributed by atoms with E-state index < -0.39 is 21.7 Å². The van der Waals surface area contributed by atoms with Crippen LogP contribution in [0.2, 0.25) is 0 Å². The molecule has 0 aliphatic carbocycles. The summed E-state index contributed by atoms with van der Waals surface area (Å²) < 4.78 is 30.9. The Labute approximate surface area is 174 Å². The number of thioether (sulfide) groups is 1. The molecular formula is C20H22N2O5S2. The Morgan fingerprint density at radius 1 is 1.28 bits per heavy atom. The molecule has 1 atom stereocenters. The fourth-order valence-corrected chi connectivity index (χ4v) is 5.41. The van der Waals surface area contributed by atoms with Crippen molar-refractivity contribution in [2.24, 2.45) is 5.92 Å². The van der Waals surface area contributed by atoms with Crippen LogP contribution < -0.4 is 15.4 Å². The highest BCUT2D eigenvalue weighted by Gasteiger charge is 2.25. The van der Waals surface area contributed by atoms with Crippen molar-refractivity contribution in [3.05, 3.63) is 42.5 Å². The van der Waals surface area contributed by atoms with Gasteiger partial charge in [-0.3, -0.25) is 9.59 Å². The van der Waals surface area contributed by atoms with Gasteiger partial charge in [0.25, 0.3) is 0 Å². The number of benzene rings is 2. The molecule has 2 N–H and O–H groups in total. The Hall–Kier alpha value is -2.52. The Morgan fingerprint density at radius 2 is 2.03 bits per heavy atom. The SMILES string of the molecule is COc1ccccc1NC(=O)C(C)CS(=O)(=O)c1ccc2c(c1)NC(=O)CCS2. The summed E-state index contributed by atoms with van der Waals surface area (Å²) >= 11 is 1.50. The maximum absolute atomic E-state index is 12.9. The number of para-hydroxylation sites is 2.